The van der Waals surface area contributed by atoms with E-state index in [2.05, 4.69) is 24.5 Å². The van der Waals surface area contributed by atoms with Crippen LogP contribution < -0.4 is 16.4 Å². The van der Waals surface area contributed by atoms with Gasteiger partial charge in [0.25, 0.3) is 0 Å². The fourth-order valence-corrected chi connectivity index (χ4v) is 1.71. The fourth-order valence-electron chi connectivity index (χ4n) is 1.71. The van der Waals surface area contributed by atoms with E-state index in [1.54, 1.807) is 0 Å². The highest BCUT2D eigenvalue weighted by Gasteiger charge is 2.45. The van der Waals surface area contributed by atoms with E-state index < -0.39 is 0 Å². The van der Waals surface area contributed by atoms with E-state index in [9.17, 15) is 9.59 Å². The number of carbonyl (C=O) groups is 2. The zero-order valence-corrected chi connectivity index (χ0v) is 11.2. The zero-order chi connectivity index (χ0) is 12.2. The molecule has 1 saturated carbocycles. The second kappa shape index (κ2) is 6.81. The Morgan fingerprint density at radius 2 is 1.82 bits per heavy atom. The maximum absolute atomic E-state index is 11.4. The van der Waals surface area contributed by atoms with Gasteiger partial charge in [-0.2, -0.15) is 0 Å². The summed E-state index contributed by atoms with van der Waals surface area (Å²) in [5, 5.41) is 5.29. The lowest BCUT2D eigenvalue weighted by Gasteiger charge is -2.19. The van der Waals surface area contributed by atoms with Gasteiger partial charge in [0.15, 0.2) is 0 Å². The lowest BCUT2D eigenvalue weighted by molar-refractivity contribution is -0.125. The van der Waals surface area contributed by atoms with E-state index >= 15 is 0 Å². The average Bonchev–Trinajstić information content (AvgIpc) is 3.04. The molecule has 0 saturated heterocycles. The van der Waals surface area contributed by atoms with Crippen LogP contribution in [0.4, 0.5) is 0 Å². The molecule has 4 N–H and O–H groups in total. The van der Waals surface area contributed by atoms with Gasteiger partial charge in [0.1, 0.15) is 0 Å². The van der Waals surface area contributed by atoms with Crippen LogP contribution in [-0.2, 0) is 9.59 Å². The molecule has 0 aromatic carbocycles. The molecule has 1 aliphatic carbocycles. The Morgan fingerprint density at radius 3 is 2.24 bits per heavy atom. The molecule has 0 heterocycles. The number of carbonyl (C=O) groups excluding carboxylic acids is 2. The van der Waals surface area contributed by atoms with Crippen LogP contribution in [0.3, 0.4) is 0 Å². The quantitative estimate of drug-likeness (QED) is 0.632. The smallest absolute Gasteiger partial charge is 0.239 e. The SMILES string of the molecule is CC(C)C1(CNC(=O)CNC(=O)CN)CC1.Cl. The molecule has 6 heteroatoms. The van der Waals surface area contributed by atoms with Gasteiger partial charge in [-0.15, -0.1) is 12.4 Å². The number of hydrogen-bond donors (Lipinski definition) is 3. The summed E-state index contributed by atoms with van der Waals surface area (Å²) in [7, 11) is 0. The van der Waals surface area contributed by atoms with Gasteiger partial charge in [-0.05, 0) is 24.2 Å². The molecule has 0 aromatic heterocycles. The number of rotatable bonds is 6. The predicted octanol–water partition coefficient (Wildman–Crippen LogP) is 0.0355. The lowest BCUT2D eigenvalue weighted by atomic mass is 9.92. The predicted molar refractivity (Wildman–Crippen MR) is 68.8 cm³/mol. The van der Waals surface area contributed by atoms with Crippen molar-refractivity contribution >= 4 is 24.2 Å². The van der Waals surface area contributed by atoms with E-state index in [4.69, 9.17) is 5.73 Å². The molecule has 1 aliphatic rings. The number of nitrogens with two attached hydrogens (primary N) is 1. The van der Waals surface area contributed by atoms with Gasteiger partial charge in [0, 0.05) is 6.54 Å². The van der Waals surface area contributed by atoms with Crippen LogP contribution in [0.1, 0.15) is 26.7 Å². The second-order valence-corrected chi connectivity index (χ2v) is 4.77. The summed E-state index contributed by atoms with van der Waals surface area (Å²) < 4.78 is 0. The summed E-state index contributed by atoms with van der Waals surface area (Å²) in [4.78, 5) is 22.2. The minimum absolute atomic E-state index is 0. The zero-order valence-electron chi connectivity index (χ0n) is 10.4. The minimum atomic E-state index is -0.305. The summed E-state index contributed by atoms with van der Waals surface area (Å²) >= 11 is 0. The highest BCUT2D eigenvalue weighted by atomic mass is 35.5. The molecule has 0 radical (unpaired) electrons. The highest BCUT2D eigenvalue weighted by Crippen LogP contribution is 2.51. The summed E-state index contributed by atoms with van der Waals surface area (Å²) in [5.41, 5.74) is 5.41. The number of halogens is 1. The third kappa shape index (κ3) is 4.91. The molecule has 1 fully saturated rings. The average molecular weight is 264 g/mol. The Kier molecular flexibility index (Phi) is 6.49. The van der Waals surface area contributed by atoms with E-state index in [0.29, 0.717) is 17.9 Å². The molecule has 0 aliphatic heterocycles. The molecule has 100 valence electrons. The molecule has 0 atom stereocenters. The van der Waals surface area contributed by atoms with Gasteiger partial charge in [-0.3, -0.25) is 9.59 Å². The molecule has 2 amide bonds. The first kappa shape index (κ1) is 16.2. The standard InChI is InChI=1S/C11H21N3O2.ClH/c1-8(2)11(3-4-11)7-14-10(16)6-13-9(15)5-12;/h8H,3-7,12H2,1-2H3,(H,13,15)(H,14,16);1H. The maximum atomic E-state index is 11.4. The topological polar surface area (TPSA) is 84.2 Å². The third-order valence-electron chi connectivity index (χ3n) is 3.39. The molecule has 0 spiro atoms. The number of nitrogens with one attached hydrogen (secondary N) is 2. The molecule has 17 heavy (non-hydrogen) atoms. The fraction of sp³-hybridized carbons (Fsp3) is 0.818. The van der Waals surface area contributed by atoms with Crippen molar-refractivity contribution in [1.82, 2.24) is 10.6 Å². The molecule has 5 nitrogen and oxygen atoms in total. The summed E-state index contributed by atoms with van der Waals surface area (Å²) in [5.74, 6) is 0.139. The molecule has 0 unspecified atom stereocenters. The van der Waals surface area contributed by atoms with Crippen molar-refractivity contribution in [2.45, 2.75) is 26.7 Å². The summed E-state index contributed by atoms with van der Waals surface area (Å²) in [6.45, 7) is 5.00. The Hall–Kier alpha value is -0.810. The van der Waals surface area contributed by atoms with E-state index in [1.165, 1.54) is 12.8 Å². The van der Waals surface area contributed by atoms with Gasteiger partial charge >= 0.3 is 0 Å². The van der Waals surface area contributed by atoms with Crippen LogP contribution in [-0.4, -0.2) is 31.4 Å². The van der Waals surface area contributed by atoms with Crippen molar-refractivity contribution in [3.63, 3.8) is 0 Å². The monoisotopic (exact) mass is 263 g/mol. The Morgan fingerprint density at radius 1 is 1.24 bits per heavy atom. The Bertz CT molecular complexity index is 278. The van der Waals surface area contributed by atoms with Crippen molar-refractivity contribution in [2.75, 3.05) is 19.6 Å². The van der Waals surface area contributed by atoms with Gasteiger partial charge in [0.05, 0.1) is 13.1 Å². The third-order valence-corrected chi connectivity index (χ3v) is 3.39. The van der Waals surface area contributed by atoms with Crippen molar-refractivity contribution in [3.05, 3.63) is 0 Å². The van der Waals surface area contributed by atoms with Gasteiger partial charge in [-0.25, -0.2) is 0 Å². The molecule has 1 rings (SSSR count). The largest absolute Gasteiger partial charge is 0.354 e. The van der Waals surface area contributed by atoms with Crippen LogP contribution >= 0.6 is 12.4 Å². The molecular formula is C11H22ClN3O2. The highest BCUT2D eigenvalue weighted by molar-refractivity contribution is 5.85. The van der Waals surface area contributed by atoms with E-state index in [-0.39, 0.29) is 37.3 Å². The van der Waals surface area contributed by atoms with Crippen LogP contribution in [0.25, 0.3) is 0 Å². The van der Waals surface area contributed by atoms with Gasteiger partial charge in [-0.1, -0.05) is 13.8 Å². The summed E-state index contributed by atoms with van der Waals surface area (Å²) in [6, 6.07) is 0. The maximum Gasteiger partial charge on any atom is 0.239 e. The molecule has 0 aromatic rings. The van der Waals surface area contributed by atoms with Crippen LogP contribution in [0, 0.1) is 11.3 Å². The van der Waals surface area contributed by atoms with E-state index in [0.717, 1.165) is 0 Å². The van der Waals surface area contributed by atoms with Gasteiger partial charge in [0.2, 0.25) is 11.8 Å². The lowest BCUT2D eigenvalue weighted by Crippen LogP contribution is -2.41. The Balaban J connectivity index is 0.00000256. The number of hydrogen-bond acceptors (Lipinski definition) is 3. The van der Waals surface area contributed by atoms with Crippen molar-refractivity contribution < 1.29 is 9.59 Å². The normalized spacial score (nSPS) is 16.0. The van der Waals surface area contributed by atoms with Crippen LogP contribution in [0.5, 0.6) is 0 Å². The van der Waals surface area contributed by atoms with Crippen molar-refractivity contribution in [1.29, 1.82) is 0 Å². The Labute approximate surface area is 108 Å². The van der Waals surface area contributed by atoms with Crippen molar-refractivity contribution in [2.24, 2.45) is 17.1 Å². The minimum Gasteiger partial charge on any atom is -0.354 e. The second-order valence-electron chi connectivity index (χ2n) is 4.77. The van der Waals surface area contributed by atoms with Gasteiger partial charge < -0.3 is 16.4 Å². The van der Waals surface area contributed by atoms with Crippen LogP contribution in [0.15, 0.2) is 0 Å². The van der Waals surface area contributed by atoms with Crippen LogP contribution in [0.2, 0.25) is 0 Å². The first-order chi connectivity index (χ1) is 7.50. The first-order valence-electron chi connectivity index (χ1n) is 5.73. The number of amides is 2. The first-order valence-corrected chi connectivity index (χ1v) is 5.73. The molecule has 0 bridgehead atoms. The van der Waals surface area contributed by atoms with E-state index in [1.807, 2.05) is 0 Å². The molecular weight excluding hydrogens is 242 g/mol. The summed E-state index contributed by atoms with van der Waals surface area (Å²) in [6.07, 6.45) is 2.36. The van der Waals surface area contributed by atoms with Crippen molar-refractivity contribution in [3.8, 4) is 0 Å².